The van der Waals surface area contributed by atoms with Gasteiger partial charge in [0.25, 0.3) is 6.08 Å². The van der Waals surface area contributed by atoms with Gasteiger partial charge in [0.2, 0.25) is 11.5 Å². The van der Waals surface area contributed by atoms with Gasteiger partial charge < -0.3 is 34.6 Å². The van der Waals surface area contributed by atoms with Crippen molar-refractivity contribution < 1.29 is 37.1 Å². The predicted molar refractivity (Wildman–Crippen MR) is 181 cm³/mol. The van der Waals surface area contributed by atoms with Crippen LogP contribution in [0.15, 0.2) is 35.9 Å². The third-order valence-corrected chi connectivity index (χ3v) is 11.0. The average molecular weight is 703 g/mol. The summed E-state index contributed by atoms with van der Waals surface area (Å²) in [5.74, 6) is 1.21. The van der Waals surface area contributed by atoms with E-state index in [9.17, 15) is 13.9 Å². The lowest BCUT2D eigenvalue weighted by molar-refractivity contribution is 0.0269. The fraction of sp³-hybridized carbons (Fsp3) is 0.405. The zero-order valence-electron chi connectivity index (χ0n) is 27.5. The van der Waals surface area contributed by atoms with Gasteiger partial charge in [-0.2, -0.15) is 18.7 Å². The van der Waals surface area contributed by atoms with E-state index in [-0.39, 0.29) is 85.9 Å². The minimum atomic E-state index is -1.57. The third kappa shape index (κ3) is 5.55. The molecule has 2 atom stereocenters. The summed E-state index contributed by atoms with van der Waals surface area (Å²) < 4.78 is 65.0. The SMILES string of the molecule is C#Cc1c(F)ccc2cc(O)cc(-c3c4c(c5c(N6C[C@H]7CC[C@@H](C6)N7)nc(OCC6(CN7CCC(=C(F)F)CC7)CC6)nc5c3F)ONO4)c12. The second-order valence-corrected chi connectivity index (χ2v) is 14.3. The summed E-state index contributed by atoms with van der Waals surface area (Å²) in [5, 5.41) is 15.2. The van der Waals surface area contributed by atoms with Crippen LogP contribution in [0.1, 0.15) is 44.1 Å². The van der Waals surface area contributed by atoms with Gasteiger partial charge in [0.1, 0.15) is 22.9 Å². The van der Waals surface area contributed by atoms with E-state index in [1.807, 2.05) is 0 Å². The first kappa shape index (κ1) is 32.1. The van der Waals surface area contributed by atoms with Crippen molar-refractivity contribution in [1.82, 2.24) is 25.8 Å². The van der Waals surface area contributed by atoms with Crippen LogP contribution in [0.5, 0.6) is 23.3 Å². The van der Waals surface area contributed by atoms with Crippen molar-refractivity contribution in [3.8, 4) is 46.7 Å². The van der Waals surface area contributed by atoms with Crippen molar-refractivity contribution in [1.29, 1.82) is 0 Å². The number of hydrogen-bond acceptors (Lipinski definition) is 10. The van der Waals surface area contributed by atoms with Crippen LogP contribution in [0.4, 0.5) is 23.4 Å². The van der Waals surface area contributed by atoms with E-state index in [1.54, 1.807) is 0 Å². The highest BCUT2D eigenvalue weighted by Gasteiger charge is 2.46. The van der Waals surface area contributed by atoms with E-state index in [4.69, 9.17) is 25.8 Å². The van der Waals surface area contributed by atoms with Crippen molar-refractivity contribution in [2.24, 2.45) is 5.41 Å². The van der Waals surface area contributed by atoms with Crippen LogP contribution in [-0.2, 0) is 0 Å². The number of terminal acetylenes is 1. The maximum Gasteiger partial charge on any atom is 0.319 e. The number of phenols is 1. The third-order valence-electron chi connectivity index (χ3n) is 11.0. The summed E-state index contributed by atoms with van der Waals surface area (Å²) in [6, 6.07) is 5.81. The zero-order chi connectivity index (χ0) is 35.0. The van der Waals surface area contributed by atoms with Crippen molar-refractivity contribution in [2.75, 3.05) is 44.2 Å². The summed E-state index contributed by atoms with van der Waals surface area (Å²) in [6.45, 7) is 3.30. The van der Waals surface area contributed by atoms with E-state index >= 15 is 8.78 Å². The van der Waals surface area contributed by atoms with Gasteiger partial charge in [-0.3, -0.25) is 0 Å². The highest BCUT2D eigenvalue weighted by atomic mass is 19.3. The number of ether oxygens (including phenoxy) is 1. The maximum absolute atomic E-state index is 17.4. The first-order valence-electron chi connectivity index (χ1n) is 17.2. The molecule has 51 heavy (non-hydrogen) atoms. The summed E-state index contributed by atoms with van der Waals surface area (Å²) in [4.78, 5) is 25.2. The molecule has 9 rings (SSSR count). The molecule has 264 valence electrons. The number of anilines is 1. The summed E-state index contributed by atoms with van der Waals surface area (Å²) in [6.07, 6.45) is 8.65. The van der Waals surface area contributed by atoms with Crippen LogP contribution < -0.4 is 30.3 Å². The number of phenolic OH excluding ortho intramolecular Hbond substituents is 1. The summed E-state index contributed by atoms with van der Waals surface area (Å²) in [7, 11) is 0. The number of aromatic hydroxyl groups is 1. The molecule has 3 aromatic carbocycles. The Labute approximate surface area is 290 Å². The Morgan fingerprint density at radius 1 is 1.04 bits per heavy atom. The fourth-order valence-corrected chi connectivity index (χ4v) is 8.19. The van der Waals surface area contributed by atoms with E-state index < -0.39 is 17.7 Å². The van der Waals surface area contributed by atoms with E-state index in [0.717, 1.165) is 25.7 Å². The number of hydrogen-bond donors (Lipinski definition) is 3. The topological polar surface area (TPSA) is 104 Å². The second-order valence-electron chi connectivity index (χ2n) is 14.3. The molecule has 3 saturated heterocycles. The van der Waals surface area contributed by atoms with E-state index in [1.165, 1.54) is 24.3 Å². The first-order valence-corrected chi connectivity index (χ1v) is 17.2. The number of nitrogens with one attached hydrogen (secondary N) is 2. The normalized spacial score (nSPS) is 22.1. The van der Waals surface area contributed by atoms with Crippen LogP contribution in [0, 0.1) is 29.4 Å². The lowest BCUT2D eigenvalue weighted by atomic mass is 9.92. The number of halogens is 4. The number of piperazine rings is 1. The van der Waals surface area contributed by atoms with Gasteiger partial charge in [-0.25, -0.2) is 8.78 Å². The van der Waals surface area contributed by atoms with Crippen LogP contribution in [0.3, 0.4) is 0 Å². The lowest BCUT2D eigenvalue weighted by Gasteiger charge is -2.34. The molecule has 5 aliphatic rings. The Hall–Kier alpha value is -4.84. The number of aromatic nitrogens is 2. The largest absolute Gasteiger partial charge is 0.508 e. The van der Waals surface area contributed by atoms with Crippen LogP contribution >= 0.6 is 0 Å². The number of piperidine rings is 1. The molecule has 5 heterocycles. The molecular weight excluding hydrogens is 668 g/mol. The first-order chi connectivity index (χ1) is 24.7. The minimum Gasteiger partial charge on any atom is -0.508 e. The van der Waals surface area contributed by atoms with Gasteiger partial charge in [-0.05, 0) is 67.7 Å². The lowest BCUT2D eigenvalue weighted by Crippen LogP contribution is -2.51. The zero-order valence-corrected chi connectivity index (χ0v) is 27.5. The van der Waals surface area contributed by atoms with Crippen LogP contribution in [-0.4, -0.2) is 71.4 Å². The van der Waals surface area contributed by atoms with Gasteiger partial charge in [-0.15, -0.1) is 6.42 Å². The van der Waals surface area contributed by atoms with Crippen molar-refractivity contribution >= 4 is 27.5 Å². The summed E-state index contributed by atoms with van der Waals surface area (Å²) in [5.41, 5.74) is 2.16. The maximum atomic E-state index is 17.4. The quantitative estimate of drug-likeness (QED) is 0.158. The molecular formula is C37H34F4N6O4. The number of fused-ring (bicyclic) bond motifs is 6. The molecule has 0 spiro atoms. The van der Waals surface area contributed by atoms with Gasteiger partial charge in [-0.1, -0.05) is 12.0 Å². The molecule has 0 amide bonds. The fourth-order valence-electron chi connectivity index (χ4n) is 8.19. The van der Waals surface area contributed by atoms with E-state index in [0.29, 0.717) is 56.8 Å². The monoisotopic (exact) mass is 702 g/mol. The average Bonchev–Trinajstić information content (AvgIpc) is 3.56. The van der Waals surface area contributed by atoms with Gasteiger partial charge in [0.05, 0.1) is 23.1 Å². The highest BCUT2D eigenvalue weighted by molar-refractivity contribution is 6.08. The smallest absolute Gasteiger partial charge is 0.319 e. The number of likely N-dealkylation sites (tertiary alicyclic amines) is 1. The number of nitrogens with zero attached hydrogens (tertiary/aromatic N) is 4. The Morgan fingerprint density at radius 3 is 2.49 bits per heavy atom. The van der Waals surface area contributed by atoms with E-state index in [2.05, 4.69) is 31.7 Å². The van der Waals surface area contributed by atoms with Crippen molar-refractivity contribution in [3.63, 3.8) is 0 Å². The molecule has 3 N–H and O–H groups in total. The molecule has 4 aromatic rings. The molecule has 4 aliphatic heterocycles. The highest BCUT2D eigenvalue weighted by Crippen LogP contribution is 2.53. The van der Waals surface area contributed by atoms with Crippen LogP contribution in [0.25, 0.3) is 32.8 Å². The summed E-state index contributed by atoms with van der Waals surface area (Å²) >= 11 is 0. The van der Waals surface area contributed by atoms with Gasteiger partial charge in [0.15, 0.2) is 5.82 Å². The molecule has 14 heteroatoms. The van der Waals surface area contributed by atoms with Crippen molar-refractivity contribution in [3.05, 3.63) is 53.1 Å². The number of rotatable bonds is 7. The molecule has 0 unspecified atom stereocenters. The van der Waals surface area contributed by atoms with Crippen molar-refractivity contribution in [2.45, 2.75) is 50.6 Å². The second kappa shape index (κ2) is 12.1. The molecule has 1 saturated carbocycles. The molecule has 0 radical (unpaired) electrons. The number of benzene rings is 3. The van der Waals surface area contributed by atoms with Gasteiger partial charge in [0, 0.05) is 66.8 Å². The Bertz CT molecular complexity index is 2160. The molecule has 1 aliphatic carbocycles. The molecule has 4 fully saturated rings. The standard InChI is InChI=1S/C37H34F4N6O4/c1-2-24-26(38)6-3-20-13-23(48)14-25(27(20)24)28-30(39)31-29(33-32(28)50-45-51-33)35(47-15-21-4-5-22(16-47)42-21)44-36(43-31)49-18-37(9-10-37)17-46-11-7-19(8-12-46)34(40)41/h1,3,6,13-14,21-22,42,45,48H,4-5,7-12,15-18H2/t21-,22+. The Balaban J connectivity index is 1.16. The predicted octanol–water partition coefficient (Wildman–Crippen LogP) is 5.95. The Morgan fingerprint density at radius 2 is 1.78 bits per heavy atom. The Kier molecular flexibility index (Phi) is 7.64. The molecule has 1 aromatic heterocycles. The molecule has 10 nitrogen and oxygen atoms in total. The minimum absolute atomic E-state index is 0.0224. The molecule has 2 bridgehead atoms. The van der Waals surface area contributed by atoms with Gasteiger partial charge >= 0.3 is 6.01 Å². The van der Waals surface area contributed by atoms with Crippen LogP contribution in [0.2, 0.25) is 0 Å².